The number of hydrogen-bond acceptors (Lipinski definition) is 2. The average Bonchev–Trinajstić information content (AvgIpc) is 1.65. The van der Waals surface area contributed by atoms with Crippen LogP contribution in [0.3, 0.4) is 0 Å². The molecule has 0 amide bonds. The van der Waals surface area contributed by atoms with Gasteiger partial charge in [-0.2, -0.15) is 0 Å². The van der Waals surface area contributed by atoms with Gasteiger partial charge in [-0.05, 0) is 6.92 Å². The second kappa shape index (κ2) is 10.7. The van der Waals surface area contributed by atoms with E-state index in [1.165, 1.54) is 0 Å². The molecule has 0 rings (SSSR count). The maximum atomic E-state index is 4.68. The Hall–Kier alpha value is 0.833. The van der Waals surface area contributed by atoms with Gasteiger partial charge in [-0.3, -0.25) is 0 Å². The fourth-order valence-electron chi connectivity index (χ4n) is 0.0962. The molecule has 0 aliphatic carbocycles. The second-order valence-electron chi connectivity index (χ2n) is 1.04. The van der Waals surface area contributed by atoms with Crippen LogP contribution >= 0.6 is 12.4 Å². The first kappa shape index (κ1) is 15.9. The van der Waals surface area contributed by atoms with Gasteiger partial charge in [-0.25, -0.2) is 0 Å². The Morgan fingerprint density at radius 1 is 1.12 bits per heavy atom. The van der Waals surface area contributed by atoms with Crippen LogP contribution in [-0.4, -0.2) is 20.5 Å². The molecule has 0 spiro atoms. The van der Waals surface area contributed by atoms with E-state index in [0.29, 0.717) is 0 Å². The summed E-state index contributed by atoms with van der Waals surface area (Å²) < 4.78 is 9.35. The van der Waals surface area contributed by atoms with Crippen molar-refractivity contribution in [2.24, 2.45) is 0 Å². The number of rotatable bonds is 2. The van der Waals surface area contributed by atoms with Gasteiger partial charge in [0.15, 0.2) is 6.29 Å². The molecule has 0 atom stereocenters. The first-order valence-electron chi connectivity index (χ1n) is 1.87. The van der Waals surface area contributed by atoms with Crippen LogP contribution in [0.5, 0.6) is 0 Å². The zero-order valence-corrected chi connectivity index (χ0v) is 9.29. The fraction of sp³-hybridized carbons (Fsp3) is 1.00. The number of halogens is 1. The average molecular weight is 192 g/mol. The standard InChI is InChI=1S/C4H10O2.ClH.Zn/c1-4(5-2)6-3;;/h4H,1-3H3;1H;. The minimum absolute atomic E-state index is 0. The molecule has 0 unspecified atom stereocenters. The molecule has 4 heteroatoms. The Balaban J connectivity index is -0.000000125. The van der Waals surface area contributed by atoms with Crippen molar-refractivity contribution in [2.45, 2.75) is 13.2 Å². The minimum Gasteiger partial charge on any atom is -0.356 e. The zero-order chi connectivity index (χ0) is 4.99. The Labute approximate surface area is 69.1 Å². The molecule has 0 heterocycles. The third-order valence-electron chi connectivity index (χ3n) is 0.664. The Kier molecular flexibility index (Phi) is 21.4. The van der Waals surface area contributed by atoms with Crippen molar-refractivity contribution in [1.82, 2.24) is 0 Å². The molecule has 0 bridgehead atoms. The summed E-state index contributed by atoms with van der Waals surface area (Å²) in [7, 11) is 3.21. The van der Waals surface area contributed by atoms with Gasteiger partial charge >= 0.3 is 0 Å². The van der Waals surface area contributed by atoms with Gasteiger partial charge in [0.05, 0.1) is 0 Å². The van der Waals surface area contributed by atoms with Gasteiger partial charge < -0.3 is 9.47 Å². The van der Waals surface area contributed by atoms with Gasteiger partial charge in [0.1, 0.15) is 0 Å². The molecule has 0 aromatic rings. The number of methoxy groups -OCH3 is 2. The topological polar surface area (TPSA) is 18.5 Å². The molecular weight excluding hydrogens is 181 g/mol. The Bertz CT molecular complexity index is 33.2. The van der Waals surface area contributed by atoms with E-state index in [0.717, 1.165) is 0 Å². The minimum atomic E-state index is -0.0648. The monoisotopic (exact) mass is 190 g/mol. The van der Waals surface area contributed by atoms with Crippen LogP contribution in [0.15, 0.2) is 0 Å². The first-order valence-corrected chi connectivity index (χ1v) is 1.87. The molecule has 0 saturated heterocycles. The SMILES string of the molecule is COC(C)OC.Cl.[Zn]. The first-order chi connectivity index (χ1) is 2.81. The van der Waals surface area contributed by atoms with Gasteiger partial charge in [0, 0.05) is 33.7 Å². The number of ether oxygens (including phenoxy) is 2. The molecule has 0 radical (unpaired) electrons. The summed E-state index contributed by atoms with van der Waals surface area (Å²) in [6, 6.07) is 0. The van der Waals surface area contributed by atoms with Gasteiger partial charge in [0.25, 0.3) is 0 Å². The molecule has 8 heavy (non-hydrogen) atoms. The van der Waals surface area contributed by atoms with Crippen molar-refractivity contribution >= 4 is 12.4 Å². The summed E-state index contributed by atoms with van der Waals surface area (Å²) >= 11 is 0. The van der Waals surface area contributed by atoms with Gasteiger partial charge in [-0.1, -0.05) is 0 Å². The van der Waals surface area contributed by atoms with E-state index >= 15 is 0 Å². The van der Waals surface area contributed by atoms with E-state index in [2.05, 4.69) is 9.47 Å². The van der Waals surface area contributed by atoms with E-state index in [1.54, 1.807) is 14.2 Å². The maximum absolute atomic E-state index is 4.68. The normalized spacial score (nSPS) is 7.50. The van der Waals surface area contributed by atoms with Crippen LogP contribution in [0.4, 0.5) is 0 Å². The fourth-order valence-corrected chi connectivity index (χ4v) is 0.0962. The molecule has 2 nitrogen and oxygen atoms in total. The molecule has 0 fully saturated rings. The van der Waals surface area contributed by atoms with E-state index in [9.17, 15) is 0 Å². The van der Waals surface area contributed by atoms with E-state index in [4.69, 9.17) is 0 Å². The summed E-state index contributed by atoms with van der Waals surface area (Å²) in [6.07, 6.45) is -0.0648. The van der Waals surface area contributed by atoms with Crippen molar-refractivity contribution in [2.75, 3.05) is 14.2 Å². The van der Waals surface area contributed by atoms with E-state index in [-0.39, 0.29) is 38.2 Å². The van der Waals surface area contributed by atoms with Crippen molar-refractivity contribution in [3.8, 4) is 0 Å². The van der Waals surface area contributed by atoms with Crippen molar-refractivity contribution in [3.63, 3.8) is 0 Å². The zero-order valence-electron chi connectivity index (χ0n) is 5.51. The third-order valence-corrected chi connectivity index (χ3v) is 0.664. The van der Waals surface area contributed by atoms with Crippen molar-refractivity contribution in [1.29, 1.82) is 0 Å². The summed E-state index contributed by atoms with van der Waals surface area (Å²) in [6.45, 7) is 1.83. The molecule has 0 aliphatic rings. The van der Waals surface area contributed by atoms with Crippen LogP contribution in [0.2, 0.25) is 0 Å². The van der Waals surface area contributed by atoms with Crippen LogP contribution in [0, 0.1) is 0 Å². The summed E-state index contributed by atoms with van der Waals surface area (Å²) in [5.41, 5.74) is 0. The van der Waals surface area contributed by atoms with Crippen LogP contribution < -0.4 is 0 Å². The predicted octanol–water partition coefficient (Wildman–Crippen LogP) is 1.04. The summed E-state index contributed by atoms with van der Waals surface area (Å²) in [4.78, 5) is 0. The third kappa shape index (κ3) is 9.95. The smallest absolute Gasteiger partial charge is 0.154 e. The van der Waals surface area contributed by atoms with Gasteiger partial charge in [-0.15, -0.1) is 12.4 Å². The van der Waals surface area contributed by atoms with Crippen molar-refractivity contribution < 1.29 is 29.0 Å². The number of hydrogen-bond donors (Lipinski definition) is 0. The largest absolute Gasteiger partial charge is 0.356 e. The van der Waals surface area contributed by atoms with Crippen molar-refractivity contribution in [3.05, 3.63) is 0 Å². The van der Waals surface area contributed by atoms with E-state index in [1.807, 2.05) is 6.92 Å². The molecule has 0 aromatic carbocycles. The maximum Gasteiger partial charge on any atom is 0.154 e. The summed E-state index contributed by atoms with van der Waals surface area (Å²) in [5.74, 6) is 0. The quantitative estimate of drug-likeness (QED) is 0.480. The van der Waals surface area contributed by atoms with Crippen LogP contribution in [-0.2, 0) is 29.0 Å². The molecule has 0 aromatic heterocycles. The van der Waals surface area contributed by atoms with Crippen LogP contribution in [0.1, 0.15) is 6.92 Å². The molecule has 48 valence electrons. The Morgan fingerprint density at radius 2 is 1.38 bits per heavy atom. The molecule has 0 saturated carbocycles. The molecule has 0 aliphatic heterocycles. The van der Waals surface area contributed by atoms with Crippen LogP contribution in [0.25, 0.3) is 0 Å². The van der Waals surface area contributed by atoms with E-state index < -0.39 is 0 Å². The summed E-state index contributed by atoms with van der Waals surface area (Å²) in [5, 5.41) is 0. The Morgan fingerprint density at radius 3 is 1.38 bits per heavy atom. The molecule has 0 N–H and O–H groups in total. The molecular formula is C4H11ClO2Zn. The second-order valence-corrected chi connectivity index (χ2v) is 1.04. The predicted molar refractivity (Wildman–Crippen MR) is 30.7 cm³/mol. The van der Waals surface area contributed by atoms with Gasteiger partial charge in [0.2, 0.25) is 0 Å².